The molecule has 3 atom stereocenters. The largest absolute Gasteiger partial charge is 0.476 e. The van der Waals surface area contributed by atoms with Crippen molar-refractivity contribution in [3.8, 4) is 0 Å². The van der Waals surface area contributed by atoms with Crippen LogP contribution < -0.4 is 0 Å². The standard InChI is InChI=1S/C21H31NO4S2/c1-3-4-5-11-21(2,26)12-6-7-15-8-9-18(23)16(15)10-13-27-20-22-17(14-28-20)19(24)25/h6-7,14-16,26H,3-5,8-13H2,1-2H3,(H,24,25)/t15-,16+,21?/m0/s1. The van der Waals surface area contributed by atoms with E-state index in [1.165, 1.54) is 23.1 Å². The van der Waals surface area contributed by atoms with Gasteiger partial charge >= 0.3 is 5.97 Å². The molecule has 1 unspecified atom stereocenters. The van der Waals surface area contributed by atoms with Gasteiger partial charge in [0.1, 0.15) is 5.78 Å². The lowest BCUT2D eigenvalue weighted by Crippen LogP contribution is -2.23. The van der Waals surface area contributed by atoms with Crippen molar-refractivity contribution in [3.63, 3.8) is 0 Å². The Kier molecular flexibility index (Phi) is 9.18. The normalized spacial score (nSPS) is 22.0. The summed E-state index contributed by atoms with van der Waals surface area (Å²) in [5, 5.41) is 20.9. The van der Waals surface area contributed by atoms with Crippen LogP contribution in [0.3, 0.4) is 0 Å². The number of thiazole rings is 1. The van der Waals surface area contributed by atoms with Crippen molar-refractivity contribution >= 4 is 34.9 Å². The van der Waals surface area contributed by atoms with Crippen LogP contribution in [0.25, 0.3) is 0 Å². The van der Waals surface area contributed by atoms with E-state index in [2.05, 4.69) is 24.1 Å². The Hall–Kier alpha value is -1.18. The molecular formula is C21H31NO4S2. The monoisotopic (exact) mass is 425 g/mol. The molecule has 0 aromatic carbocycles. The highest BCUT2D eigenvalue weighted by molar-refractivity contribution is 8.01. The zero-order chi connectivity index (χ0) is 20.6. The highest BCUT2D eigenvalue weighted by Crippen LogP contribution is 2.35. The van der Waals surface area contributed by atoms with Crippen LogP contribution in [0.4, 0.5) is 0 Å². The lowest BCUT2D eigenvalue weighted by atomic mass is 9.90. The molecule has 2 rings (SSSR count). The summed E-state index contributed by atoms with van der Waals surface area (Å²) < 4.78 is 0.734. The number of aromatic nitrogens is 1. The van der Waals surface area contributed by atoms with Crippen molar-refractivity contribution < 1.29 is 19.8 Å². The Labute approximate surface area is 175 Å². The van der Waals surface area contributed by atoms with Crippen molar-refractivity contribution in [1.29, 1.82) is 0 Å². The van der Waals surface area contributed by atoms with Gasteiger partial charge in [0.15, 0.2) is 10.0 Å². The molecule has 0 bridgehead atoms. The van der Waals surface area contributed by atoms with E-state index in [1.807, 2.05) is 6.92 Å². The van der Waals surface area contributed by atoms with Crippen LogP contribution in [0.5, 0.6) is 0 Å². The van der Waals surface area contributed by atoms with Gasteiger partial charge in [-0.25, -0.2) is 9.78 Å². The Balaban J connectivity index is 1.80. The highest BCUT2D eigenvalue weighted by Gasteiger charge is 2.32. The first kappa shape index (κ1) is 23.1. The number of hydrogen-bond acceptors (Lipinski definition) is 6. The first-order chi connectivity index (χ1) is 13.3. The molecule has 1 aromatic rings. The minimum Gasteiger partial charge on any atom is -0.476 e. The zero-order valence-electron chi connectivity index (χ0n) is 16.7. The van der Waals surface area contributed by atoms with E-state index in [0.29, 0.717) is 18.6 Å². The van der Waals surface area contributed by atoms with Gasteiger partial charge < -0.3 is 10.2 Å². The van der Waals surface area contributed by atoms with Gasteiger partial charge in [0.2, 0.25) is 0 Å². The van der Waals surface area contributed by atoms with Crippen molar-refractivity contribution in [2.24, 2.45) is 11.8 Å². The van der Waals surface area contributed by atoms with Crippen molar-refractivity contribution in [2.75, 3.05) is 5.75 Å². The van der Waals surface area contributed by atoms with Crippen molar-refractivity contribution in [3.05, 3.63) is 23.2 Å². The number of unbranched alkanes of at least 4 members (excludes halogenated alkanes) is 2. The lowest BCUT2D eigenvalue weighted by Gasteiger charge is -2.22. The third-order valence-electron chi connectivity index (χ3n) is 5.27. The summed E-state index contributed by atoms with van der Waals surface area (Å²) in [4.78, 5) is 27.2. The fourth-order valence-corrected chi connectivity index (χ4v) is 5.48. The molecule has 1 aliphatic rings. The van der Waals surface area contributed by atoms with Crippen LogP contribution in [0.2, 0.25) is 0 Å². The zero-order valence-corrected chi connectivity index (χ0v) is 18.4. The van der Waals surface area contributed by atoms with E-state index < -0.39 is 11.6 Å². The predicted octanol–water partition coefficient (Wildman–Crippen LogP) is 5.20. The second-order valence-electron chi connectivity index (χ2n) is 7.80. The number of carbonyl (C=O) groups excluding carboxylic acids is 1. The first-order valence-corrected chi connectivity index (χ1v) is 11.9. The lowest BCUT2D eigenvalue weighted by molar-refractivity contribution is -0.121. The average Bonchev–Trinajstić information content (AvgIpc) is 3.23. The number of aliphatic hydroxyl groups is 1. The van der Waals surface area contributed by atoms with Gasteiger partial charge in [0, 0.05) is 23.5 Å². The molecular weight excluding hydrogens is 394 g/mol. The van der Waals surface area contributed by atoms with Gasteiger partial charge in [-0.2, -0.15) is 0 Å². The van der Waals surface area contributed by atoms with E-state index in [0.717, 1.165) is 48.6 Å². The van der Waals surface area contributed by atoms with E-state index in [4.69, 9.17) is 5.11 Å². The molecule has 2 N–H and O–H groups in total. The van der Waals surface area contributed by atoms with Crippen LogP contribution in [-0.4, -0.2) is 38.3 Å². The number of carboxylic acid groups (broad SMARTS) is 1. The van der Waals surface area contributed by atoms with Crippen molar-refractivity contribution in [1.82, 2.24) is 4.98 Å². The van der Waals surface area contributed by atoms with E-state index in [-0.39, 0.29) is 17.5 Å². The smallest absolute Gasteiger partial charge is 0.355 e. The van der Waals surface area contributed by atoms with E-state index >= 15 is 0 Å². The molecule has 0 spiro atoms. The number of carboxylic acids is 1. The molecule has 1 fully saturated rings. The Morgan fingerprint density at radius 2 is 2.25 bits per heavy atom. The Morgan fingerprint density at radius 3 is 2.93 bits per heavy atom. The molecule has 1 saturated carbocycles. The molecule has 0 saturated heterocycles. The molecule has 0 radical (unpaired) electrons. The minimum atomic E-state index is -1.01. The van der Waals surface area contributed by atoms with E-state index in [9.17, 15) is 14.7 Å². The summed E-state index contributed by atoms with van der Waals surface area (Å²) in [7, 11) is 0. The van der Waals surface area contributed by atoms with Crippen LogP contribution in [0, 0.1) is 11.8 Å². The molecule has 28 heavy (non-hydrogen) atoms. The number of aromatic carboxylic acids is 1. The topological polar surface area (TPSA) is 87.5 Å². The molecule has 5 nitrogen and oxygen atoms in total. The van der Waals surface area contributed by atoms with Gasteiger partial charge in [-0.05, 0) is 38.5 Å². The summed E-state index contributed by atoms with van der Waals surface area (Å²) in [6, 6.07) is 0. The molecule has 1 heterocycles. The van der Waals surface area contributed by atoms with E-state index in [1.54, 1.807) is 5.38 Å². The molecule has 0 amide bonds. The second-order valence-corrected chi connectivity index (χ2v) is 10.0. The Morgan fingerprint density at radius 1 is 1.46 bits per heavy atom. The third-order valence-corrected chi connectivity index (χ3v) is 7.33. The summed E-state index contributed by atoms with van der Waals surface area (Å²) in [5.74, 6) is 0.320. The van der Waals surface area contributed by atoms with Crippen LogP contribution in [0.1, 0.15) is 75.7 Å². The number of thioether (sulfide) groups is 1. The molecule has 1 aromatic heterocycles. The molecule has 7 heteroatoms. The quantitative estimate of drug-likeness (QED) is 0.272. The maximum atomic E-state index is 12.3. The number of rotatable bonds is 12. The third kappa shape index (κ3) is 7.33. The van der Waals surface area contributed by atoms with Gasteiger partial charge in [-0.3, -0.25) is 4.79 Å². The first-order valence-electron chi connectivity index (χ1n) is 10.1. The fraction of sp³-hybridized carbons (Fsp3) is 0.667. The summed E-state index contributed by atoms with van der Waals surface area (Å²) in [5.41, 5.74) is -0.594. The Bertz CT molecular complexity index is 684. The maximum absolute atomic E-state index is 12.3. The van der Waals surface area contributed by atoms with Gasteiger partial charge in [0.05, 0.1) is 5.60 Å². The number of hydrogen-bond donors (Lipinski definition) is 2. The van der Waals surface area contributed by atoms with Crippen LogP contribution in [0.15, 0.2) is 21.9 Å². The molecule has 0 aliphatic heterocycles. The highest BCUT2D eigenvalue weighted by atomic mass is 32.2. The van der Waals surface area contributed by atoms with Gasteiger partial charge in [0.25, 0.3) is 0 Å². The fourth-order valence-electron chi connectivity index (χ4n) is 3.59. The average molecular weight is 426 g/mol. The summed E-state index contributed by atoms with van der Waals surface area (Å²) >= 11 is 2.85. The number of allylic oxidation sites excluding steroid dienone is 1. The number of nitrogens with zero attached hydrogens (tertiary/aromatic N) is 1. The maximum Gasteiger partial charge on any atom is 0.355 e. The van der Waals surface area contributed by atoms with Gasteiger partial charge in [-0.15, -0.1) is 11.3 Å². The van der Waals surface area contributed by atoms with Gasteiger partial charge in [-0.1, -0.05) is 50.1 Å². The summed E-state index contributed by atoms with van der Waals surface area (Å²) in [6.45, 7) is 4.05. The second kappa shape index (κ2) is 11.1. The minimum absolute atomic E-state index is 0.0210. The van der Waals surface area contributed by atoms with Crippen molar-refractivity contribution in [2.45, 2.75) is 75.2 Å². The van der Waals surface area contributed by atoms with Crippen LogP contribution >= 0.6 is 23.1 Å². The SMILES string of the molecule is CCCCCC(C)(O)CC=C[C@H]1CCC(=O)[C@@H]1CCSc1nc(C(=O)O)cs1. The molecule has 1 aliphatic carbocycles. The predicted molar refractivity (Wildman–Crippen MR) is 114 cm³/mol. The van der Waals surface area contributed by atoms with Crippen LogP contribution in [-0.2, 0) is 4.79 Å². The molecule has 156 valence electrons. The number of carbonyl (C=O) groups is 2. The summed E-state index contributed by atoms with van der Waals surface area (Å²) in [6.07, 6.45) is 11.2. The number of ketones is 1. The number of Topliss-reactive ketones (excluding diaryl/α,β-unsaturated/α-hetero) is 1.